The van der Waals surface area contributed by atoms with E-state index >= 15 is 0 Å². The van der Waals surface area contributed by atoms with Crippen molar-refractivity contribution in [2.45, 2.75) is 4.52 Å². The van der Waals surface area contributed by atoms with Crippen molar-refractivity contribution in [2.24, 2.45) is 0 Å². The highest BCUT2D eigenvalue weighted by atomic mass is 35.5. The first-order valence-electron chi connectivity index (χ1n) is 3.93. The molecule has 0 unspecified atom stereocenters. The summed E-state index contributed by atoms with van der Waals surface area (Å²) in [5.41, 5.74) is 0.247. The van der Waals surface area contributed by atoms with E-state index in [9.17, 15) is 4.79 Å². The third-order valence-corrected chi connectivity index (χ3v) is 2.45. The number of esters is 1. The molecule has 0 aliphatic heterocycles. The predicted molar refractivity (Wildman–Crippen MR) is 58.0 cm³/mol. The zero-order chi connectivity index (χ0) is 11.5. The Hall–Kier alpha value is -0.480. The molecular weight excluding hydrogens is 262 g/mol. The molecule has 0 saturated carbocycles. The number of aliphatic hydroxyl groups is 1. The van der Waals surface area contributed by atoms with Crippen LogP contribution >= 0.6 is 34.8 Å². The standard InChI is InChI=1S/C9H7Cl3O3/c10-7-4-2-1-3-6(7)9(11,12)15-8(14)5-13/h1-4,13H,5H2. The normalized spacial score (nSPS) is 11.2. The van der Waals surface area contributed by atoms with Gasteiger partial charge in [-0.25, -0.2) is 4.79 Å². The molecule has 3 nitrogen and oxygen atoms in total. The number of hydrogen-bond donors (Lipinski definition) is 1. The lowest BCUT2D eigenvalue weighted by atomic mass is 10.2. The number of carbonyl (C=O) groups excluding carboxylic acids is 1. The molecule has 0 aliphatic carbocycles. The van der Waals surface area contributed by atoms with Gasteiger partial charge in [-0.1, -0.05) is 53.0 Å². The summed E-state index contributed by atoms with van der Waals surface area (Å²) >= 11 is 17.3. The van der Waals surface area contributed by atoms with E-state index < -0.39 is 17.1 Å². The van der Waals surface area contributed by atoms with Crippen molar-refractivity contribution in [2.75, 3.05) is 6.61 Å². The van der Waals surface area contributed by atoms with Crippen LogP contribution in [0.2, 0.25) is 5.02 Å². The summed E-state index contributed by atoms with van der Waals surface area (Å²) in [4.78, 5) is 10.8. The number of aliphatic hydroxyl groups excluding tert-OH is 1. The van der Waals surface area contributed by atoms with E-state index in [-0.39, 0.29) is 10.6 Å². The molecule has 0 amide bonds. The van der Waals surface area contributed by atoms with Gasteiger partial charge in [0.05, 0.1) is 5.02 Å². The minimum atomic E-state index is -1.89. The third-order valence-electron chi connectivity index (χ3n) is 1.56. The summed E-state index contributed by atoms with van der Waals surface area (Å²) < 4.78 is 2.72. The molecular formula is C9H7Cl3O3. The first-order chi connectivity index (χ1) is 6.97. The SMILES string of the molecule is O=C(CO)OC(Cl)(Cl)c1ccccc1Cl. The Morgan fingerprint density at radius 1 is 1.40 bits per heavy atom. The lowest BCUT2D eigenvalue weighted by Crippen LogP contribution is -2.22. The van der Waals surface area contributed by atoms with Crippen LogP contribution in [-0.2, 0) is 14.1 Å². The van der Waals surface area contributed by atoms with Gasteiger partial charge in [0, 0.05) is 5.56 Å². The second-order valence-electron chi connectivity index (χ2n) is 2.63. The number of halogens is 3. The highest BCUT2D eigenvalue weighted by molar-refractivity contribution is 6.48. The molecule has 1 aromatic rings. The van der Waals surface area contributed by atoms with E-state index in [2.05, 4.69) is 4.74 Å². The summed E-state index contributed by atoms with van der Waals surface area (Å²) in [6.07, 6.45) is 0. The van der Waals surface area contributed by atoms with Crippen LogP contribution in [0.25, 0.3) is 0 Å². The molecule has 0 spiro atoms. The Morgan fingerprint density at radius 2 is 2.00 bits per heavy atom. The molecule has 1 aromatic carbocycles. The van der Waals surface area contributed by atoms with Crippen LogP contribution < -0.4 is 0 Å². The average Bonchev–Trinajstić information content (AvgIpc) is 2.17. The van der Waals surface area contributed by atoms with Gasteiger partial charge in [0.15, 0.2) is 0 Å². The first-order valence-corrected chi connectivity index (χ1v) is 5.06. The average molecular weight is 270 g/mol. The lowest BCUT2D eigenvalue weighted by molar-refractivity contribution is -0.151. The number of benzene rings is 1. The van der Waals surface area contributed by atoms with E-state index in [1.54, 1.807) is 18.2 Å². The molecule has 0 radical (unpaired) electrons. The predicted octanol–water partition coefficient (Wildman–Crippen LogP) is 2.46. The molecule has 0 atom stereocenters. The summed E-state index contributed by atoms with van der Waals surface area (Å²) in [5.74, 6) is -0.931. The zero-order valence-electron chi connectivity index (χ0n) is 7.41. The topological polar surface area (TPSA) is 46.5 Å². The Morgan fingerprint density at radius 3 is 2.53 bits per heavy atom. The van der Waals surface area contributed by atoms with Crippen molar-refractivity contribution in [1.82, 2.24) is 0 Å². The zero-order valence-corrected chi connectivity index (χ0v) is 9.68. The quantitative estimate of drug-likeness (QED) is 0.677. The summed E-state index contributed by atoms with van der Waals surface area (Å²) in [6, 6.07) is 6.41. The van der Waals surface area contributed by atoms with Crippen LogP contribution in [0.3, 0.4) is 0 Å². The van der Waals surface area contributed by atoms with Gasteiger partial charge < -0.3 is 9.84 Å². The van der Waals surface area contributed by atoms with Crippen molar-refractivity contribution in [3.05, 3.63) is 34.9 Å². The fourth-order valence-corrected chi connectivity index (χ4v) is 1.79. The second-order valence-corrected chi connectivity index (χ2v) is 4.29. The first kappa shape index (κ1) is 12.6. The fraction of sp³-hybridized carbons (Fsp3) is 0.222. The molecule has 0 aliphatic rings. The van der Waals surface area contributed by atoms with E-state index in [4.69, 9.17) is 39.9 Å². The number of carbonyl (C=O) groups is 1. The molecule has 0 heterocycles. The molecule has 1 N–H and O–H groups in total. The Balaban J connectivity index is 2.95. The summed E-state index contributed by atoms with van der Waals surface area (Å²) in [7, 11) is 0. The van der Waals surface area contributed by atoms with E-state index in [1.165, 1.54) is 6.07 Å². The highest BCUT2D eigenvalue weighted by Crippen LogP contribution is 2.39. The van der Waals surface area contributed by atoms with Gasteiger partial charge in [-0.2, -0.15) is 0 Å². The van der Waals surface area contributed by atoms with Crippen molar-refractivity contribution in [1.29, 1.82) is 0 Å². The van der Waals surface area contributed by atoms with Crippen molar-refractivity contribution >= 4 is 40.8 Å². The number of rotatable bonds is 3. The monoisotopic (exact) mass is 268 g/mol. The molecule has 1 rings (SSSR count). The second kappa shape index (κ2) is 5.03. The van der Waals surface area contributed by atoms with Gasteiger partial charge in [-0.05, 0) is 6.07 Å². The minimum Gasteiger partial charge on any atom is -0.422 e. The molecule has 0 saturated heterocycles. The smallest absolute Gasteiger partial charge is 0.334 e. The van der Waals surface area contributed by atoms with Crippen LogP contribution in [-0.4, -0.2) is 17.7 Å². The Labute approximate surface area is 102 Å². The molecule has 82 valence electrons. The van der Waals surface area contributed by atoms with Crippen molar-refractivity contribution < 1.29 is 14.6 Å². The van der Waals surface area contributed by atoms with Gasteiger partial charge in [0.25, 0.3) is 4.52 Å². The van der Waals surface area contributed by atoms with Gasteiger partial charge in [-0.15, -0.1) is 0 Å². The van der Waals surface area contributed by atoms with Crippen LogP contribution in [0.1, 0.15) is 5.56 Å². The maximum Gasteiger partial charge on any atom is 0.334 e. The molecule has 0 aromatic heterocycles. The number of hydrogen-bond acceptors (Lipinski definition) is 3. The van der Waals surface area contributed by atoms with Gasteiger partial charge in [-0.3, -0.25) is 0 Å². The largest absolute Gasteiger partial charge is 0.422 e. The Bertz CT molecular complexity index is 365. The Kier molecular flexibility index (Phi) is 4.22. The van der Waals surface area contributed by atoms with Crippen LogP contribution in [0.4, 0.5) is 0 Å². The van der Waals surface area contributed by atoms with Crippen LogP contribution in [0.15, 0.2) is 24.3 Å². The molecule has 0 bridgehead atoms. The maximum absolute atomic E-state index is 10.8. The lowest BCUT2D eigenvalue weighted by Gasteiger charge is -2.20. The van der Waals surface area contributed by atoms with Gasteiger partial charge in [0.1, 0.15) is 6.61 Å². The van der Waals surface area contributed by atoms with Crippen molar-refractivity contribution in [3.63, 3.8) is 0 Å². The minimum absolute atomic E-state index is 0.247. The van der Waals surface area contributed by atoms with Crippen LogP contribution in [0, 0.1) is 0 Å². The van der Waals surface area contributed by atoms with E-state index in [0.717, 1.165) is 0 Å². The summed E-state index contributed by atoms with van der Waals surface area (Å²) in [6.45, 7) is -0.800. The van der Waals surface area contributed by atoms with Crippen molar-refractivity contribution in [3.8, 4) is 0 Å². The fourth-order valence-electron chi connectivity index (χ4n) is 0.927. The molecule has 0 fully saturated rings. The van der Waals surface area contributed by atoms with E-state index in [0.29, 0.717) is 0 Å². The van der Waals surface area contributed by atoms with Gasteiger partial charge >= 0.3 is 5.97 Å². The number of ether oxygens (including phenoxy) is 1. The van der Waals surface area contributed by atoms with Gasteiger partial charge in [0.2, 0.25) is 0 Å². The highest BCUT2D eigenvalue weighted by Gasteiger charge is 2.33. The number of alkyl halides is 2. The van der Waals surface area contributed by atoms with E-state index in [1.807, 2.05) is 0 Å². The summed E-state index contributed by atoms with van der Waals surface area (Å²) in [5, 5.41) is 8.76. The third kappa shape index (κ3) is 3.24. The molecule has 6 heteroatoms. The maximum atomic E-state index is 10.8. The molecule has 15 heavy (non-hydrogen) atoms. The van der Waals surface area contributed by atoms with Crippen LogP contribution in [0.5, 0.6) is 0 Å².